The van der Waals surface area contributed by atoms with Gasteiger partial charge in [0.2, 0.25) is 0 Å². The van der Waals surface area contributed by atoms with Gasteiger partial charge in [-0.25, -0.2) is 0 Å². The highest BCUT2D eigenvalue weighted by Crippen LogP contribution is 2.41. The van der Waals surface area contributed by atoms with Crippen molar-refractivity contribution in [3.8, 4) is 0 Å². The molecule has 0 bridgehead atoms. The number of aliphatic imine (C=N–C) groups is 1. The van der Waals surface area contributed by atoms with E-state index in [-0.39, 0.29) is 5.54 Å². The van der Waals surface area contributed by atoms with Crippen LogP contribution in [0, 0.1) is 0 Å². The summed E-state index contributed by atoms with van der Waals surface area (Å²) in [7, 11) is 0. The molecule has 1 aliphatic heterocycles. The Hall–Kier alpha value is -0.970. The summed E-state index contributed by atoms with van der Waals surface area (Å²) < 4.78 is 1.92. The van der Waals surface area contributed by atoms with Gasteiger partial charge in [0.05, 0.1) is 17.4 Å². The minimum absolute atomic E-state index is 0.258. The van der Waals surface area contributed by atoms with Gasteiger partial charge in [0.1, 0.15) is 0 Å². The third kappa shape index (κ3) is 2.20. The summed E-state index contributed by atoms with van der Waals surface area (Å²) in [5.74, 6) is 1.15. The van der Waals surface area contributed by atoms with E-state index in [2.05, 4.69) is 17.3 Å². The van der Waals surface area contributed by atoms with Gasteiger partial charge in [-0.05, 0) is 19.8 Å². The Morgan fingerprint density at radius 2 is 2.29 bits per heavy atom. The SMILES string of the molecule is CCn1cc(NC2=NC3(CCCC3)CS2)cn1. The molecule has 1 aromatic heterocycles. The number of amidine groups is 1. The van der Waals surface area contributed by atoms with Gasteiger partial charge in [-0.15, -0.1) is 0 Å². The Bertz CT molecular complexity index is 431. The maximum atomic E-state index is 4.88. The molecule has 1 fully saturated rings. The second-order valence-electron chi connectivity index (χ2n) is 4.85. The van der Waals surface area contributed by atoms with Crippen molar-refractivity contribution >= 4 is 22.6 Å². The number of hydrogen-bond donors (Lipinski definition) is 1. The van der Waals surface area contributed by atoms with Crippen LogP contribution in [0.3, 0.4) is 0 Å². The Morgan fingerprint density at radius 1 is 1.47 bits per heavy atom. The summed E-state index contributed by atoms with van der Waals surface area (Å²) in [5.41, 5.74) is 1.31. The van der Waals surface area contributed by atoms with E-state index in [0.717, 1.165) is 23.2 Å². The second kappa shape index (κ2) is 4.37. The van der Waals surface area contributed by atoms with E-state index < -0.39 is 0 Å². The molecular weight excluding hydrogens is 232 g/mol. The molecule has 0 radical (unpaired) electrons. The molecule has 2 aliphatic rings. The third-order valence-electron chi connectivity index (χ3n) is 3.56. The number of hydrogen-bond acceptors (Lipinski definition) is 4. The van der Waals surface area contributed by atoms with Crippen molar-refractivity contribution in [1.29, 1.82) is 0 Å². The zero-order valence-electron chi connectivity index (χ0n) is 10.1. The van der Waals surface area contributed by atoms with E-state index in [1.807, 2.05) is 28.8 Å². The van der Waals surface area contributed by atoms with Crippen LogP contribution in [-0.4, -0.2) is 26.2 Å². The van der Waals surface area contributed by atoms with Crippen molar-refractivity contribution in [2.24, 2.45) is 4.99 Å². The number of aromatic nitrogens is 2. The summed E-state index contributed by atoms with van der Waals surface area (Å²) in [6, 6.07) is 0. The molecule has 1 N–H and O–H groups in total. The molecule has 2 heterocycles. The van der Waals surface area contributed by atoms with Gasteiger partial charge in [0.25, 0.3) is 0 Å². The minimum Gasteiger partial charge on any atom is -0.332 e. The van der Waals surface area contributed by atoms with E-state index in [1.165, 1.54) is 25.7 Å². The maximum absolute atomic E-state index is 4.88. The normalized spacial score (nSPS) is 22.1. The molecule has 4 nitrogen and oxygen atoms in total. The maximum Gasteiger partial charge on any atom is 0.161 e. The predicted octanol–water partition coefficient (Wildman–Crippen LogP) is 2.73. The average Bonchev–Trinajstić information content (AvgIpc) is 3.03. The van der Waals surface area contributed by atoms with Crippen LogP contribution in [-0.2, 0) is 6.54 Å². The molecule has 1 saturated carbocycles. The molecule has 0 atom stereocenters. The van der Waals surface area contributed by atoms with Crippen LogP contribution in [0.4, 0.5) is 5.69 Å². The number of aryl methyl sites for hydroxylation is 1. The van der Waals surface area contributed by atoms with Crippen LogP contribution in [0.25, 0.3) is 0 Å². The molecule has 92 valence electrons. The van der Waals surface area contributed by atoms with Crippen molar-refractivity contribution in [3.05, 3.63) is 12.4 Å². The van der Waals surface area contributed by atoms with Gasteiger partial charge in [0.15, 0.2) is 5.17 Å². The molecule has 5 heteroatoms. The van der Waals surface area contributed by atoms with Crippen molar-refractivity contribution in [1.82, 2.24) is 9.78 Å². The first-order valence-electron chi connectivity index (χ1n) is 6.32. The van der Waals surface area contributed by atoms with Gasteiger partial charge in [-0.3, -0.25) is 9.67 Å². The molecule has 0 unspecified atom stereocenters. The van der Waals surface area contributed by atoms with Crippen LogP contribution < -0.4 is 5.32 Å². The number of thioether (sulfide) groups is 1. The summed E-state index contributed by atoms with van der Waals surface area (Å²) in [6.07, 6.45) is 9.10. The fraction of sp³-hybridized carbons (Fsp3) is 0.667. The molecule has 0 amide bonds. The lowest BCUT2D eigenvalue weighted by Gasteiger charge is -2.16. The first-order chi connectivity index (χ1) is 8.30. The van der Waals surface area contributed by atoms with Crippen molar-refractivity contribution in [2.75, 3.05) is 11.1 Å². The van der Waals surface area contributed by atoms with E-state index in [9.17, 15) is 0 Å². The summed E-state index contributed by atoms with van der Waals surface area (Å²) in [5, 5.41) is 8.70. The molecule has 0 saturated heterocycles. The molecule has 17 heavy (non-hydrogen) atoms. The minimum atomic E-state index is 0.258. The number of rotatable bonds is 2. The van der Waals surface area contributed by atoms with Crippen LogP contribution in [0.1, 0.15) is 32.6 Å². The van der Waals surface area contributed by atoms with Crippen molar-refractivity contribution in [2.45, 2.75) is 44.7 Å². The second-order valence-corrected chi connectivity index (χ2v) is 5.81. The average molecular weight is 250 g/mol. The largest absolute Gasteiger partial charge is 0.332 e. The van der Waals surface area contributed by atoms with E-state index in [4.69, 9.17) is 4.99 Å². The van der Waals surface area contributed by atoms with Gasteiger partial charge >= 0.3 is 0 Å². The highest BCUT2D eigenvalue weighted by molar-refractivity contribution is 8.14. The summed E-state index contributed by atoms with van der Waals surface area (Å²) >= 11 is 1.85. The third-order valence-corrected chi connectivity index (χ3v) is 4.71. The van der Waals surface area contributed by atoms with Crippen molar-refractivity contribution < 1.29 is 0 Å². The fourth-order valence-corrected chi connectivity index (χ4v) is 3.77. The first-order valence-corrected chi connectivity index (χ1v) is 7.30. The highest BCUT2D eigenvalue weighted by Gasteiger charge is 2.38. The Balaban J connectivity index is 1.69. The molecule has 1 spiro atoms. The van der Waals surface area contributed by atoms with Gasteiger partial charge in [0, 0.05) is 18.5 Å². The van der Waals surface area contributed by atoms with Gasteiger partial charge < -0.3 is 5.32 Å². The van der Waals surface area contributed by atoms with Crippen molar-refractivity contribution in [3.63, 3.8) is 0 Å². The lowest BCUT2D eigenvalue weighted by atomic mass is 10.0. The smallest absolute Gasteiger partial charge is 0.161 e. The monoisotopic (exact) mass is 250 g/mol. The van der Waals surface area contributed by atoms with Gasteiger partial charge in [-0.2, -0.15) is 5.10 Å². The Morgan fingerprint density at radius 3 is 3.00 bits per heavy atom. The topological polar surface area (TPSA) is 42.2 Å². The molecule has 3 rings (SSSR count). The van der Waals surface area contributed by atoms with Gasteiger partial charge in [-0.1, -0.05) is 24.6 Å². The van der Waals surface area contributed by atoms with E-state index in [0.29, 0.717) is 0 Å². The van der Waals surface area contributed by atoms with Crippen LogP contribution in [0.15, 0.2) is 17.4 Å². The highest BCUT2D eigenvalue weighted by atomic mass is 32.2. The number of nitrogens with one attached hydrogen (secondary N) is 1. The molecule has 0 aromatic carbocycles. The zero-order valence-corrected chi connectivity index (χ0v) is 11.0. The first kappa shape index (κ1) is 11.1. The quantitative estimate of drug-likeness (QED) is 0.877. The number of nitrogens with zero attached hydrogens (tertiary/aromatic N) is 3. The lowest BCUT2D eigenvalue weighted by Crippen LogP contribution is -2.21. The summed E-state index contributed by atoms with van der Waals surface area (Å²) in [6.45, 7) is 3.00. The molecular formula is C12H18N4S. The number of anilines is 1. The predicted molar refractivity (Wildman–Crippen MR) is 72.6 cm³/mol. The van der Waals surface area contributed by atoms with Crippen LogP contribution in [0.5, 0.6) is 0 Å². The standard InChI is InChI=1S/C12H18N4S/c1-2-16-8-10(7-13-16)14-11-15-12(9-17-11)5-3-4-6-12/h7-8H,2-6,9H2,1H3,(H,14,15). The fourth-order valence-electron chi connectivity index (χ4n) is 2.56. The van der Waals surface area contributed by atoms with Crippen LogP contribution >= 0.6 is 11.8 Å². The zero-order chi connectivity index (χ0) is 11.7. The Labute approximate surface area is 106 Å². The molecule has 1 aliphatic carbocycles. The molecule has 1 aromatic rings. The van der Waals surface area contributed by atoms with E-state index in [1.54, 1.807) is 0 Å². The van der Waals surface area contributed by atoms with Crippen LogP contribution in [0.2, 0.25) is 0 Å². The summed E-state index contributed by atoms with van der Waals surface area (Å²) in [4.78, 5) is 4.88. The Kier molecular flexibility index (Phi) is 2.86. The lowest BCUT2D eigenvalue weighted by molar-refractivity contribution is 0.508. The van der Waals surface area contributed by atoms with E-state index >= 15 is 0 Å².